The van der Waals surface area contributed by atoms with Crippen LogP contribution >= 0.6 is 0 Å². The third-order valence-corrected chi connectivity index (χ3v) is 4.07. The number of piperidine rings is 1. The molecule has 1 aliphatic heterocycles. The largest absolute Gasteiger partial charge is 0.393 e. The van der Waals surface area contributed by atoms with Crippen LogP contribution in [0.3, 0.4) is 0 Å². The summed E-state index contributed by atoms with van der Waals surface area (Å²) >= 11 is 0. The van der Waals surface area contributed by atoms with Gasteiger partial charge in [-0.1, -0.05) is 12.1 Å². The Bertz CT molecular complexity index is 485. The number of carbonyl (C=O) groups excluding carboxylic acids is 1. The fraction of sp³-hybridized carbons (Fsp3) is 0.588. The van der Waals surface area contributed by atoms with Gasteiger partial charge < -0.3 is 20.2 Å². The first-order valence-electron chi connectivity index (χ1n) is 8.12. The van der Waals surface area contributed by atoms with E-state index in [4.69, 9.17) is 0 Å². The number of aliphatic hydroxyl groups excluding tert-OH is 1. The van der Waals surface area contributed by atoms with Crippen molar-refractivity contribution < 1.29 is 9.90 Å². The van der Waals surface area contributed by atoms with E-state index in [1.807, 2.05) is 18.2 Å². The average Bonchev–Trinajstić information content (AvgIpc) is 2.53. The summed E-state index contributed by atoms with van der Waals surface area (Å²) in [5.41, 5.74) is 1.96. The number of rotatable bonds is 5. The molecule has 1 saturated heterocycles. The number of hydrogen-bond donors (Lipinski definition) is 2. The van der Waals surface area contributed by atoms with Gasteiger partial charge in [0.25, 0.3) is 0 Å². The van der Waals surface area contributed by atoms with Crippen molar-refractivity contribution in [3.63, 3.8) is 0 Å². The summed E-state index contributed by atoms with van der Waals surface area (Å²) in [6.45, 7) is 4.36. The molecule has 0 radical (unpaired) electrons. The van der Waals surface area contributed by atoms with Crippen molar-refractivity contribution in [1.82, 2.24) is 4.90 Å². The van der Waals surface area contributed by atoms with E-state index in [0.717, 1.165) is 24.5 Å². The maximum Gasteiger partial charge on any atom is 0.321 e. The van der Waals surface area contributed by atoms with Gasteiger partial charge in [0.15, 0.2) is 0 Å². The van der Waals surface area contributed by atoms with E-state index in [0.29, 0.717) is 13.0 Å². The van der Waals surface area contributed by atoms with Crippen molar-refractivity contribution in [2.75, 3.05) is 36.9 Å². The lowest BCUT2D eigenvalue weighted by atomic mass is 10.1. The highest BCUT2D eigenvalue weighted by atomic mass is 16.3. The molecule has 1 heterocycles. The summed E-state index contributed by atoms with van der Waals surface area (Å²) in [4.78, 5) is 16.2. The van der Waals surface area contributed by atoms with E-state index < -0.39 is 6.10 Å². The molecule has 0 aliphatic carbocycles. The highest BCUT2D eigenvalue weighted by molar-refractivity contribution is 5.93. The molecular weight excluding hydrogens is 278 g/mol. The molecule has 122 valence electrons. The van der Waals surface area contributed by atoms with Crippen LogP contribution in [-0.2, 0) is 0 Å². The molecule has 5 nitrogen and oxygen atoms in total. The number of nitrogens with one attached hydrogen (secondary N) is 1. The maximum atomic E-state index is 12.3. The third-order valence-electron chi connectivity index (χ3n) is 4.07. The Labute approximate surface area is 132 Å². The zero-order valence-electron chi connectivity index (χ0n) is 13.6. The van der Waals surface area contributed by atoms with Crippen molar-refractivity contribution in [2.45, 2.75) is 38.7 Å². The highest BCUT2D eigenvalue weighted by Crippen LogP contribution is 2.28. The maximum absolute atomic E-state index is 12.3. The Kier molecular flexibility index (Phi) is 6.07. The lowest BCUT2D eigenvalue weighted by Gasteiger charge is -2.31. The van der Waals surface area contributed by atoms with Gasteiger partial charge in [-0.05, 0) is 44.7 Å². The van der Waals surface area contributed by atoms with Crippen molar-refractivity contribution in [2.24, 2.45) is 0 Å². The molecular formula is C17H27N3O2. The summed E-state index contributed by atoms with van der Waals surface area (Å²) in [5, 5.41) is 12.3. The molecule has 2 amide bonds. The fourth-order valence-corrected chi connectivity index (χ4v) is 2.68. The summed E-state index contributed by atoms with van der Waals surface area (Å²) < 4.78 is 0. The SMILES string of the molecule is CC(O)CCN(C)C(=O)Nc1ccccc1N1CCCCC1. The van der Waals surface area contributed by atoms with Crippen molar-refractivity contribution >= 4 is 17.4 Å². The van der Waals surface area contributed by atoms with E-state index in [-0.39, 0.29) is 6.03 Å². The number of urea groups is 1. The monoisotopic (exact) mass is 305 g/mol. The molecule has 0 spiro atoms. The lowest BCUT2D eigenvalue weighted by Crippen LogP contribution is -2.35. The van der Waals surface area contributed by atoms with Crippen molar-refractivity contribution in [3.05, 3.63) is 24.3 Å². The fourth-order valence-electron chi connectivity index (χ4n) is 2.68. The Morgan fingerprint density at radius 1 is 1.32 bits per heavy atom. The first-order valence-corrected chi connectivity index (χ1v) is 8.12. The quantitative estimate of drug-likeness (QED) is 0.879. The number of amides is 2. The molecule has 2 rings (SSSR count). The van der Waals surface area contributed by atoms with Gasteiger partial charge in [0.05, 0.1) is 17.5 Å². The van der Waals surface area contributed by atoms with E-state index in [2.05, 4.69) is 16.3 Å². The second kappa shape index (κ2) is 8.03. The number of hydrogen-bond acceptors (Lipinski definition) is 3. The number of para-hydroxylation sites is 2. The normalized spacial score (nSPS) is 16.2. The van der Waals surface area contributed by atoms with E-state index >= 15 is 0 Å². The van der Waals surface area contributed by atoms with E-state index in [1.165, 1.54) is 19.3 Å². The van der Waals surface area contributed by atoms with Crippen LogP contribution in [0.2, 0.25) is 0 Å². The Morgan fingerprint density at radius 2 is 2.00 bits per heavy atom. The molecule has 1 unspecified atom stereocenters. The van der Waals surface area contributed by atoms with Crippen LogP contribution in [0.15, 0.2) is 24.3 Å². The van der Waals surface area contributed by atoms with Gasteiger partial charge in [0.1, 0.15) is 0 Å². The van der Waals surface area contributed by atoms with E-state index in [1.54, 1.807) is 18.9 Å². The smallest absolute Gasteiger partial charge is 0.321 e. The average molecular weight is 305 g/mol. The lowest BCUT2D eigenvalue weighted by molar-refractivity contribution is 0.167. The van der Waals surface area contributed by atoms with Crippen LogP contribution in [0, 0.1) is 0 Å². The molecule has 1 aromatic rings. The Morgan fingerprint density at radius 3 is 2.68 bits per heavy atom. The first kappa shape index (κ1) is 16.6. The molecule has 1 aromatic carbocycles. The molecule has 0 saturated carbocycles. The van der Waals surface area contributed by atoms with Gasteiger partial charge in [-0.3, -0.25) is 0 Å². The number of carbonyl (C=O) groups is 1. The molecule has 1 fully saturated rings. The summed E-state index contributed by atoms with van der Waals surface area (Å²) in [6, 6.07) is 7.83. The molecule has 1 atom stereocenters. The molecule has 2 N–H and O–H groups in total. The summed E-state index contributed by atoms with van der Waals surface area (Å²) in [6.07, 6.45) is 3.88. The number of aliphatic hydroxyl groups is 1. The first-order chi connectivity index (χ1) is 10.6. The Balaban J connectivity index is 2.01. The predicted molar refractivity (Wildman–Crippen MR) is 90.5 cm³/mol. The predicted octanol–water partition coefficient (Wildman–Crippen LogP) is 2.91. The van der Waals surface area contributed by atoms with Crippen molar-refractivity contribution in [3.8, 4) is 0 Å². The standard InChI is InChI=1S/C17H27N3O2/c1-14(21)10-13-19(2)17(22)18-15-8-4-5-9-16(15)20-11-6-3-7-12-20/h4-5,8-9,14,21H,3,6-7,10-13H2,1-2H3,(H,18,22). The van der Waals surface area contributed by atoms with Gasteiger partial charge in [-0.25, -0.2) is 4.79 Å². The molecule has 5 heteroatoms. The Hall–Kier alpha value is -1.75. The van der Waals surface area contributed by atoms with Crippen LogP contribution < -0.4 is 10.2 Å². The van der Waals surface area contributed by atoms with Gasteiger partial charge in [-0.2, -0.15) is 0 Å². The van der Waals surface area contributed by atoms with Gasteiger partial charge in [0.2, 0.25) is 0 Å². The van der Waals surface area contributed by atoms with Gasteiger partial charge >= 0.3 is 6.03 Å². The van der Waals surface area contributed by atoms with Gasteiger partial charge in [0, 0.05) is 26.7 Å². The van der Waals surface area contributed by atoms with Crippen LogP contribution in [0.4, 0.5) is 16.2 Å². The second-order valence-corrected chi connectivity index (χ2v) is 6.05. The minimum absolute atomic E-state index is 0.134. The van der Waals surface area contributed by atoms with Crippen LogP contribution in [0.25, 0.3) is 0 Å². The van der Waals surface area contributed by atoms with E-state index in [9.17, 15) is 9.90 Å². The summed E-state index contributed by atoms with van der Waals surface area (Å²) in [5.74, 6) is 0. The number of benzene rings is 1. The minimum Gasteiger partial charge on any atom is -0.393 e. The molecule has 1 aliphatic rings. The zero-order chi connectivity index (χ0) is 15.9. The zero-order valence-corrected chi connectivity index (χ0v) is 13.6. The number of anilines is 2. The summed E-state index contributed by atoms with van der Waals surface area (Å²) in [7, 11) is 1.75. The van der Waals surface area contributed by atoms with Crippen molar-refractivity contribution in [1.29, 1.82) is 0 Å². The number of nitrogens with zero attached hydrogens (tertiary/aromatic N) is 2. The third kappa shape index (κ3) is 4.63. The second-order valence-electron chi connectivity index (χ2n) is 6.05. The molecule has 0 aromatic heterocycles. The van der Waals surface area contributed by atoms with Gasteiger partial charge in [-0.15, -0.1) is 0 Å². The van der Waals surface area contributed by atoms with Crippen LogP contribution in [0.1, 0.15) is 32.6 Å². The van der Waals surface area contributed by atoms with Crippen LogP contribution in [-0.4, -0.2) is 48.8 Å². The minimum atomic E-state index is -0.393. The van der Waals surface area contributed by atoms with Crippen LogP contribution in [0.5, 0.6) is 0 Å². The highest BCUT2D eigenvalue weighted by Gasteiger charge is 2.16. The topological polar surface area (TPSA) is 55.8 Å². The molecule has 0 bridgehead atoms. The molecule has 22 heavy (non-hydrogen) atoms.